The van der Waals surface area contributed by atoms with Crippen molar-refractivity contribution in [3.63, 3.8) is 0 Å². The van der Waals surface area contributed by atoms with E-state index in [4.69, 9.17) is 5.73 Å². The van der Waals surface area contributed by atoms with E-state index in [1.165, 1.54) is 11.1 Å². The molecule has 1 aromatic rings. The Kier molecular flexibility index (Phi) is 3.30. The van der Waals surface area contributed by atoms with Gasteiger partial charge in [0.1, 0.15) is 0 Å². The van der Waals surface area contributed by atoms with Crippen LogP contribution in [0.1, 0.15) is 30.9 Å². The van der Waals surface area contributed by atoms with Crippen LogP contribution in [0.15, 0.2) is 24.3 Å². The van der Waals surface area contributed by atoms with Gasteiger partial charge >= 0.3 is 0 Å². The summed E-state index contributed by atoms with van der Waals surface area (Å²) in [6.07, 6.45) is 0.987. The molecule has 66 valence electrons. The van der Waals surface area contributed by atoms with Crippen molar-refractivity contribution < 1.29 is 0 Å². The van der Waals surface area contributed by atoms with E-state index in [2.05, 4.69) is 38.1 Å². The summed E-state index contributed by atoms with van der Waals surface area (Å²) in [5.74, 6) is 0.614. The second-order valence-corrected chi connectivity index (χ2v) is 3.44. The number of hydrogen-bond donors (Lipinski definition) is 1. The van der Waals surface area contributed by atoms with Crippen LogP contribution in [0.4, 0.5) is 0 Å². The van der Waals surface area contributed by atoms with E-state index >= 15 is 0 Å². The van der Waals surface area contributed by atoms with Crippen molar-refractivity contribution in [1.29, 1.82) is 0 Å². The summed E-state index contributed by atoms with van der Waals surface area (Å²) in [4.78, 5) is 0. The maximum absolute atomic E-state index is 5.49. The summed E-state index contributed by atoms with van der Waals surface area (Å²) in [5, 5.41) is 0. The minimum Gasteiger partial charge on any atom is -0.330 e. The summed E-state index contributed by atoms with van der Waals surface area (Å²) >= 11 is 0. The lowest BCUT2D eigenvalue weighted by Crippen LogP contribution is -2.03. The summed E-state index contributed by atoms with van der Waals surface area (Å²) in [7, 11) is 0. The van der Waals surface area contributed by atoms with Crippen molar-refractivity contribution in [2.45, 2.75) is 26.2 Å². The van der Waals surface area contributed by atoms with Gasteiger partial charge in [0, 0.05) is 0 Å². The topological polar surface area (TPSA) is 26.0 Å². The van der Waals surface area contributed by atoms with Crippen molar-refractivity contribution >= 4 is 0 Å². The standard InChI is InChI=1S/C11H17N/c1-9(2)11-5-3-4-10(8-11)6-7-12/h3-5,8-9H,6-7,12H2,1-2H3. The molecule has 1 rings (SSSR count). The number of hydrogen-bond acceptors (Lipinski definition) is 1. The van der Waals surface area contributed by atoms with E-state index in [1.54, 1.807) is 0 Å². The highest BCUT2D eigenvalue weighted by Crippen LogP contribution is 2.15. The van der Waals surface area contributed by atoms with Crippen LogP contribution in [0.3, 0.4) is 0 Å². The number of benzene rings is 1. The van der Waals surface area contributed by atoms with Crippen LogP contribution in [0, 0.1) is 0 Å². The van der Waals surface area contributed by atoms with E-state index in [-0.39, 0.29) is 0 Å². The van der Waals surface area contributed by atoms with Crippen LogP contribution >= 0.6 is 0 Å². The molecule has 0 aliphatic heterocycles. The monoisotopic (exact) mass is 163 g/mol. The lowest BCUT2D eigenvalue weighted by atomic mass is 10.00. The van der Waals surface area contributed by atoms with Gasteiger partial charge in [-0.15, -0.1) is 0 Å². The van der Waals surface area contributed by atoms with Gasteiger partial charge < -0.3 is 5.73 Å². The minimum atomic E-state index is 0.614. The molecule has 2 N–H and O–H groups in total. The molecule has 0 aliphatic rings. The summed E-state index contributed by atoms with van der Waals surface area (Å²) in [6, 6.07) is 8.67. The molecule has 0 bridgehead atoms. The molecule has 0 saturated carbocycles. The van der Waals surface area contributed by atoms with Gasteiger partial charge in [0.05, 0.1) is 0 Å². The second-order valence-electron chi connectivity index (χ2n) is 3.44. The fourth-order valence-electron chi connectivity index (χ4n) is 1.27. The average molecular weight is 163 g/mol. The first-order valence-corrected chi connectivity index (χ1v) is 4.53. The Morgan fingerprint density at radius 1 is 1.33 bits per heavy atom. The second kappa shape index (κ2) is 4.27. The van der Waals surface area contributed by atoms with Gasteiger partial charge in [-0.3, -0.25) is 0 Å². The first kappa shape index (κ1) is 9.27. The fourth-order valence-corrected chi connectivity index (χ4v) is 1.27. The van der Waals surface area contributed by atoms with E-state index in [1.807, 2.05) is 0 Å². The molecule has 0 fully saturated rings. The fraction of sp³-hybridized carbons (Fsp3) is 0.455. The zero-order valence-electron chi connectivity index (χ0n) is 7.88. The highest BCUT2D eigenvalue weighted by atomic mass is 14.5. The molecule has 0 atom stereocenters. The highest BCUT2D eigenvalue weighted by molar-refractivity contribution is 5.25. The Morgan fingerprint density at radius 3 is 2.67 bits per heavy atom. The van der Waals surface area contributed by atoms with Crippen LogP contribution < -0.4 is 5.73 Å². The van der Waals surface area contributed by atoms with Crippen LogP contribution in [-0.2, 0) is 6.42 Å². The molecule has 12 heavy (non-hydrogen) atoms. The molecule has 0 radical (unpaired) electrons. The van der Waals surface area contributed by atoms with Gasteiger partial charge in [-0.25, -0.2) is 0 Å². The molecular weight excluding hydrogens is 146 g/mol. The Bertz CT molecular complexity index is 241. The Hall–Kier alpha value is -0.820. The van der Waals surface area contributed by atoms with Crippen molar-refractivity contribution in [2.75, 3.05) is 6.54 Å². The maximum atomic E-state index is 5.49. The molecule has 0 amide bonds. The van der Waals surface area contributed by atoms with Crippen LogP contribution in [-0.4, -0.2) is 6.54 Å². The van der Waals surface area contributed by atoms with Gasteiger partial charge in [0.2, 0.25) is 0 Å². The Balaban J connectivity index is 2.81. The molecule has 1 aromatic carbocycles. The SMILES string of the molecule is CC(C)c1cccc(CCN)c1. The van der Waals surface area contributed by atoms with Crippen LogP contribution in [0.2, 0.25) is 0 Å². The molecule has 0 spiro atoms. The lowest BCUT2D eigenvalue weighted by molar-refractivity contribution is 0.859. The lowest BCUT2D eigenvalue weighted by Gasteiger charge is -2.06. The normalized spacial score (nSPS) is 10.7. The molecule has 0 aromatic heterocycles. The smallest absolute Gasteiger partial charge is 0.00367 e. The largest absolute Gasteiger partial charge is 0.330 e. The summed E-state index contributed by atoms with van der Waals surface area (Å²) in [5.41, 5.74) is 8.24. The summed E-state index contributed by atoms with van der Waals surface area (Å²) in [6.45, 7) is 5.16. The van der Waals surface area contributed by atoms with Crippen LogP contribution in [0.5, 0.6) is 0 Å². The van der Waals surface area contributed by atoms with Crippen LogP contribution in [0.25, 0.3) is 0 Å². The van der Waals surface area contributed by atoms with Gasteiger partial charge in [-0.2, -0.15) is 0 Å². The molecule has 0 aliphatic carbocycles. The van der Waals surface area contributed by atoms with Crippen molar-refractivity contribution in [2.24, 2.45) is 5.73 Å². The zero-order valence-corrected chi connectivity index (χ0v) is 7.88. The molecule has 1 heteroatoms. The highest BCUT2D eigenvalue weighted by Gasteiger charge is 1.98. The van der Waals surface area contributed by atoms with Gasteiger partial charge in [0.25, 0.3) is 0 Å². The average Bonchev–Trinajstić information content (AvgIpc) is 2.05. The van der Waals surface area contributed by atoms with Gasteiger partial charge in [-0.1, -0.05) is 38.1 Å². The van der Waals surface area contributed by atoms with Crippen molar-refractivity contribution in [1.82, 2.24) is 0 Å². The van der Waals surface area contributed by atoms with Crippen molar-refractivity contribution in [3.05, 3.63) is 35.4 Å². The third-order valence-electron chi connectivity index (χ3n) is 2.05. The van der Waals surface area contributed by atoms with E-state index in [0.717, 1.165) is 13.0 Å². The molecular formula is C11H17N. The van der Waals surface area contributed by atoms with Gasteiger partial charge in [-0.05, 0) is 30.0 Å². The Labute approximate surface area is 74.6 Å². The zero-order chi connectivity index (χ0) is 8.97. The molecule has 1 nitrogen and oxygen atoms in total. The third-order valence-corrected chi connectivity index (χ3v) is 2.05. The maximum Gasteiger partial charge on any atom is -0.00367 e. The van der Waals surface area contributed by atoms with E-state index < -0.39 is 0 Å². The number of rotatable bonds is 3. The Morgan fingerprint density at radius 2 is 2.08 bits per heavy atom. The van der Waals surface area contributed by atoms with Gasteiger partial charge in [0.15, 0.2) is 0 Å². The summed E-state index contributed by atoms with van der Waals surface area (Å²) < 4.78 is 0. The van der Waals surface area contributed by atoms with Crippen molar-refractivity contribution in [3.8, 4) is 0 Å². The quantitative estimate of drug-likeness (QED) is 0.727. The minimum absolute atomic E-state index is 0.614. The predicted molar refractivity (Wildman–Crippen MR) is 53.3 cm³/mol. The third kappa shape index (κ3) is 2.35. The molecule has 0 saturated heterocycles. The first-order chi connectivity index (χ1) is 5.74. The molecule has 0 unspecified atom stereocenters. The van der Waals surface area contributed by atoms with E-state index in [9.17, 15) is 0 Å². The first-order valence-electron chi connectivity index (χ1n) is 4.53. The van der Waals surface area contributed by atoms with E-state index in [0.29, 0.717) is 5.92 Å². The number of nitrogens with two attached hydrogens (primary N) is 1. The predicted octanol–water partition coefficient (Wildman–Crippen LogP) is 2.31. The molecule has 0 heterocycles.